The van der Waals surface area contributed by atoms with Crippen LogP contribution in [-0.4, -0.2) is 66.7 Å². The van der Waals surface area contributed by atoms with Crippen molar-refractivity contribution < 1.29 is 14.3 Å². The highest BCUT2D eigenvalue weighted by atomic mass is 16.5. The molecule has 25 heavy (non-hydrogen) atoms. The molecule has 2 fully saturated rings. The number of likely N-dealkylation sites (tertiary alicyclic amines) is 1. The second kappa shape index (κ2) is 8.04. The number of rotatable bonds is 5. The molecule has 0 saturated carbocycles. The molecule has 2 aliphatic heterocycles. The van der Waals surface area contributed by atoms with Crippen LogP contribution in [0.25, 0.3) is 0 Å². The zero-order valence-corrected chi connectivity index (χ0v) is 14.5. The Bertz CT molecular complexity index is 599. The normalized spacial score (nSPS) is 18.2. The third-order valence-corrected chi connectivity index (χ3v) is 4.78. The van der Waals surface area contributed by atoms with E-state index in [-0.39, 0.29) is 12.1 Å². The Balaban J connectivity index is 1.39. The van der Waals surface area contributed by atoms with Crippen LogP contribution in [0.3, 0.4) is 0 Å². The number of aromatic nitrogens is 1. The quantitative estimate of drug-likeness (QED) is 0.833. The van der Waals surface area contributed by atoms with Gasteiger partial charge in [-0.3, -0.25) is 4.98 Å². The molecular formula is C17H25N5O3. The van der Waals surface area contributed by atoms with Gasteiger partial charge in [0.05, 0.1) is 25.5 Å². The highest BCUT2D eigenvalue weighted by Crippen LogP contribution is 2.19. The molecule has 3 heterocycles. The number of hydrogen-bond donors (Lipinski definition) is 2. The van der Waals surface area contributed by atoms with Crippen molar-refractivity contribution >= 4 is 12.1 Å². The maximum Gasteiger partial charge on any atom is 0.317 e. The van der Waals surface area contributed by atoms with Crippen molar-refractivity contribution in [2.75, 3.05) is 39.8 Å². The fourth-order valence-corrected chi connectivity index (χ4v) is 3.23. The molecule has 2 aliphatic rings. The predicted octanol–water partition coefficient (Wildman–Crippen LogP) is 1.04. The minimum Gasteiger partial charge on any atom is -0.495 e. The van der Waals surface area contributed by atoms with Gasteiger partial charge in [-0.25, -0.2) is 9.59 Å². The van der Waals surface area contributed by atoms with Crippen LogP contribution in [0.2, 0.25) is 0 Å². The van der Waals surface area contributed by atoms with Gasteiger partial charge >= 0.3 is 12.1 Å². The third-order valence-electron chi connectivity index (χ3n) is 4.78. The summed E-state index contributed by atoms with van der Waals surface area (Å²) in [7, 11) is 1.60. The molecular weight excluding hydrogens is 322 g/mol. The third kappa shape index (κ3) is 4.52. The lowest BCUT2D eigenvalue weighted by Gasteiger charge is -2.33. The van der Waals surface area contributed by atoms with Crippen molar-refractivity contribution in [2.24, 2.45) is 5.92 Å². The number of methoxy groups -OCH3 is 1. The summed E-state index contributed by atoms with van der Waals surface area (Å²) in [6, 6.07) is 3.64. The molecule has 2 saturated heterocycles. The van der Waals surface area contributed by atoms with E-state index in [9.17, 15) is 9.59 Å². The number of nitrogens with one attached hydrogen (secondary N) is 2. The van der Waals surface area contributed by atoms with Crippen molar-refractivity contribution in [2.45, 2.75) is 19.4 Å². The van der Waals surface area contributed by atoms with E-state index in [1.165, 1.54) is 0 Å². The molecule has 136 valence electrons. The zero-order chi connectivity index (χ0) is 17.6. The van der Waals surface area contributed by atoms with E-state index >= 15 is 0 Å². The van der Waals surface area contributed by atoms with E-state index in [0.29, 0.717) is 18.2 Å². The van der Waals surface area contributed by atoms with E-state index < -0.39 is 0 Å². The number of urea groups is 2. The maximum absolute atomic E-state index is 12.3. The highest BCUT2D eigenvalue weighted by Gasteiger charge is 2.27. The topological polar surface area (TPSA) is 86.8 Å². The SMILES string of the molecule is COc1ccc(CNC(=O)N2CCC(CN3CCNC3=O)CC2)nc1. The number of ether oxygens (including phenoxy) is 1. The Kier molecular flexibility index (Phi) is 5.57. The summed E-state index contributed by atoms with van der Waals surface area (Å²) in [5.74, 6) is 1.17. The van der Waals surface area contributed by atoms with E-state index in [1.807, 2.05) is 21.9 Å². The molecule has 8 heteroatoms. The van der Waals surface area contributed by atoms with Crippen LogP contribution in [0, 0.1) is 5.92 Å². The number of nitrogens with zero attached hydrogens (tertiary/aromatic N) is 3. The standard InChI is InChI=1S/C17H25N5O3/c1-25-15-3-2-14(19-11-15)10-20-17(24)21-7-4-13(5-8-21)12-22-9-6-18-16(22)23/h2-3,11,13H,4-10,12H2,1H3,(H,18,23)(H,20,24). The lowest BCUT2D eigenvalue weighted by molar-refractivity contribution is 0.155. The fourth-order valence-electron chi connectivity index (χ4n) is 3.23. The Hall–Kier alpha value is -2.51. The van der Waals surface area contributed by atoms with Crippen molar-refractivity contribution in [3.8, 4) is 5.75 Å². The van der Waals surface area contributed by atoms with Crippen LogP contribution < -0.4 is 15.4 Å². The minimum absolute atomic E-state index is 0.0344. The monoisotopic (exact) mass is 347 g/mol. The van der Waals surface area contributed by atoms with Gasteiger partial charge in [-0.1, -0.05) is 0 Å². The van der Waals surface area contributed by atoms with Crippen LogP contribution in [0.4, 0.5) is 9.59 Å². The molecule has 8 nitrogen and oxygen atoms in total. The number of carbonyl (C=O) groups excluding carboxylic acids is 2. The Morgan fingerprint density at radius 2 is 2.16 bits per heavy atom. The molecule has 0 radical (unpaired) electrons. The van der Waals surface area contributed by atoms with E-state index in [2.05, 4.69) is 15.6 Å². The summed E-state index contributed by atoms with van der Waals surface area (Å²) in [4.78, 5) is 31.8. The fraction of sp³-hybridized carbons (Fsp3) is 0.588. The molecule has 0 bridgehead atoms. The van der Waals surface area contributed by atoms with Crippen molar-refractivity contribution in [1.29, 1.82) is 0 Å². The van der Waals surface area contributed by atoms with Gasteiger partial charge < -0.3 is 25.2 Å². The molecule has 4 amide bonds. The van der Waals surface area contributed by atoms with Gasteiger partial charge in [-0.15, -0.1) is 0 Å². The summed E-state index contributed by atoms with van der Waals surface area (Å²) < 4.78 is 5.07. The minimum atomic E-state index is -0.0602. The first-order chi connectivity index (χ1) is 12.2. The predicted molar refractivity (Wildman–Crippen MR) is 92.3 cm³/mol. The summed E-state index contributed by atoms with van der Waals surface area (Å²) in [5, 5.41) is 5.73. The van der Waals surface area contributed by atoms with Gasteiger partial charge in [0.2, 0.25) is 0 Å². The lowest BCUT2D eigenvalue weighted by Crippen LogP contribution is -2.46. The second-order valence-corrected chi connectivity index (χ2v) is 6.46. The molecule has 0 aliphatic carbocycles. The number of amides is 4. The average molecular weight is 347 g/mol. The molecule has 3 rings (SSSR count). The molecule has 1 aromatic rings. The smallest absolute Gasteiger partial charge is 0.317 e. The van der Waals surface area contributed by atoms with Crippen LogP contribution in [-0.2, 0) is 6.54 Å². The molecule has 0 aromatic carbocycles. The van der Waals surface area contributed by atoms with Crippen LogP contribution >= 0.6 is 0 Å². The first-order valence-electron chi connectivity index (χ1n) is 8.70. The van der Waals surface area contributed by atoms with Crippen LogP contribution in [0.1, 0.15) is 18.5 Å². The number of pyridine rings is 1. The van der Waals surface area contributed by atoms with Crippen LogP contribution in [0.5, 0.6) is 5.75 Å². The molecule has 2 N–H and O–H groups in total. The Morgan fingerprint density at radius 1 is 1.36 bits per heavy atom. The zero-order valence-electron chi connectivity index (χ0n) is 14.5. The van der Waals surface area contributed by atoms with Crippen molar-refractivity contribution in [1.82, 2.24) is 25.4 Å². The summed E-state index contributed by atoms with van der Waals surface area (Å²) in [5.41, 5.74) is 0.795. The summed E-state index contributed by atoms with van der Waals surface area (Å²) in [6.45, 7) is 4.16. The molecule has 0 atom stereocenters. The second-order valence-electron chi connectivity index (χ2n) is 6.46. The Labute approximate surface area is 147 Å². The van der Waals surface area contributed by atoms with Gasteiger partial charge in [-0.05, 0) is 30.9 Å². The first kappa shape index (κ1) is 17.3. The number of piperidine rings is 1. The summed E-state index contributed by atoms with van der Waals surface area (Å²) >= 11 is 0. The lowest BCUT2D eigenvalue weighted by atomic mass is 9.96. The van der Waals surface area contributed by atoms with Crippen molar-refractivity contribution in [3.05, 3.63) is 24.0 Å². The van der Waals surface area contributed by atoms with E-state index in [0.717, 1.165) is 51.3 Å². The molecule has 0 spiro atoms. The number of carbonyl (C=O) groups is 2. The largest absolute Gasteiger partial charge is 0.495 e. The average Bonchev–Trinajstić information content (AvgIpc) is 3.05. The maximum atomic E-state index is 12.3. The highest BCUT2D eigenvalue weighted by molar-refractivity contribution is 5.76. The van der Waals surface area contributed by atoms with Gasteiger partial charge in [0.1, 0.15) is 5.75 Å². The number of hydrogen-bond acceptors (Lipinski definition) is 4. The van der Waals surface area contributed by atoms with Gasteiger partial charge in [0.25, 0.3) is 0 Å². The van der Waals surface area contributed by atoms with Gasteiger partial charge in [0, 0.05) is 32.7 Å². The van der Waals surface area contributed by atoms with E-state index in [4.69, 9.17) is 4.74 Å². The van der Waals surface area contributed by atoms with Gasteiger partial charge in [0.15, 0.2) is 0 Å². The van der Waals surface area contributed by atoms with E-state index in [1.54, 1.807) is 13.3 Å². The molecule has 0 unspecified atom stereocenters. The van der Waals surface area contributed by atoms with Gasteiger partial charge in [-0.2, -0.15) is 0 Å². The summed E-state index contributed by atoms with van der Waals surface area (Å²) in [6.07, 6.45) is 3.50. The van der Waals surface area contributed by atoms with Crippen LogP contribution in [0.15, 0.2) is 18.3 Å². The first-order valence-corrected chi connectivity index (χ1v) is 8.70. The van der Waals surface area contributed by atoms with Crippen molar-refractivity contribution in [3.63, 3.8) is 0 Å². The molecule has 1 aromatic heterocycles. The Morgan fingerprint density at radius 3 is 2.76 bits per heavy atom.